The number of thiophene rings is 1. The Morgan fingerprint density at radius 1 is 1.23 bits per heavy atom. The first-order valence-electron chi connectivity index (χ1n) is 10.9. The van der Waals surface area contributed by atoms with Crippen molar-refractivity contribution < 1.29 is 9.59 Å². The van der Waals surface area contributed by atoms with Crippen LogP contribution in [0.5, 0.6) is 0 Å². The number of benzene rings is 1. The van der Waals surface area contributed by atoms with Gasteiger partial charge in [0.2, 0.25) is 11.0 Å². The summed E-state index contributed by atoms with van der Waals surface area (Å²) in [5, 5.41) is 23.8. The number of nitrogens with one attached hydrogen (secondary N) is 1. The fourth-order valence-electron chi connectivity index (χ4n) is 4.24. The van der Waals surface area contributed by atoms with E-state index in [4.69, 9.17) is 5.73 Å². The molecule has 3 N–H and O–H groups in total. The Labute approximate surface area is 214 Å². The zero-order valence-corrected chi connectivity index (χ0v) is 20.9. The minimum atomic E-state index is -0.456. The standard InChI is InChI=1S/C24H20N6O2S3/c25-12-15-20(18-10-5-11-33-18)21-16(8-4-9-17(21)31)30(22(15)26)23-28-29-24(35-23)34-13-19(32)27-14-6-2-1-3-7-14/h1-3,5-7,10-11,20H,4,8-9,13,26H2,(H,27,32). The highest BCUT2D eigenvalue weighted by Crippen LogP contribution is 2.47. The Morgan fingerprint density at radius 2 is 2.06 bits per heavy atom. The molecule has 8 nitrogen and oxygen atoms in total. The number of hydrogen-bond acceptors (Lipinski definition) is 10. The molecular weight excluding hydrogens is 501 g/mol. The number of para-hydroxylation sites is 1. The number of hydrogen-bond donors (Lipinski definition) is 2. The van der Waals surface area contributed by atoms with Crippen molar-refractivity contribution in [2.45, 2.75) is 29.5 Å². The second-order valence-electron chi connectivity index (χ2n) is 7.89. The van der Waals surface area contributed by atoms with Crippen molar-refractivity contribution in [3.05, 3.63) is 75.4 Å². The van der Waals surface area contributed by atoms with Gasteiger partial charge in [0.15, 0.2) is 10.1 Å². The van der Waals surface area contributed by atoms with Gasteiger partial charge in [-0.25, -0.2) is 0 Å². The number of thioether (sulfide) groups is 1. The number of nitrogens with two attached hydrogens (primary N) is 1. The van der Waals surface area contributed by atoms with Gasteiger partial charge in [-0.15, -0.1) is 21.5 Å². The van der Waals surface area contributed by atoms with Crippen LogP contribution in [-0.4, -0.2) is 27.6 Å². The van der Waals surface area contributed by atoms with Crippen molar-refractivity contribution >= 4 is 56.9 Å². The van der Waals surface area contributed by atoms with E-state index in [1.807, 2.05) is 47.8 Å². The van der Waals surface area contributed by atoms with Crippen molar-refractivity contribution in [1.29, 1.82) is 5.26 Å². The van der Waals surface area contributed by atoms with Gasteiger partial charge in [-0.05, 0) is 36.4 Å². The molecule has 11 heteroatoms. The lowest BCUT2D eigenvalue weighted by Gasteiger charge is -2.37. The highest BCUT2D eigenvalue weighted by Gasteiger charge is 2.41. The second-order valence-corrected chi connectivity index (χ2v) is 11.0. The molecule has 0 saturated heterocycles. The molecule has 1 atom stereocenters. The lowest BCUT2D eigenvalue weighted by Crippen LogP contribution is -2.38. The van der Waals surface area contributed by atoms with Crippen molar-refractivity contribution in [3.63, 3.8) is 0 Å². The van der Waals surface area contributed by atoms with Gasteiger partial charge in [-0.3, -0.25) is 14.5 Å². The lowest BCUT2D eigenvalue weighted by molar-refractivity contribution is -0.116. The van der Waals surface area contributed by atoms with Gasteiger partial charge < -0.3 is 11.1 Å². The number of anilines is 2. The summed E-state index contributed by atoms with van der Waals surface area (Å²) in [5.41, 5.74) is 9.02. The fourth-order valence-corrected chi connectivity index (χ4v) is 6.77. The summed E-state index contributed by atoms with van der Waals surface area (Å²) in [6, 6.07) is 15.3. The molecule has 1 aromatic carbocycles. The van der Waals surface area contributed by atoms with E-state index in [1.54, 1.807) is 4.90 Å². The first-order chi connectivity index (χ1) is 17.1. The number of nitriles is 1. The van der Waals surface area contributed by atoms with Gasteiger partial charge in [0.05, 0.1) is 23.3 Å². The quantitative estimate of drug-likeness (QED) is 0.451. The molecule has 0 bridgehead atoms. The van der Waals surface area contributed by atoms with E-state index in [9.17, 15) is 14.9 Å². The highest BCUT2D eigenvalue weighted by atomic mass is 32.2. The van der Waals surface area contributed by atoms with E-state index in [-0.39, 0.29) is 23.3 Å². The van der Waals surface area contributed by atoms with Gasteiger partial charge in [-0.1, -0.05) is 47.4 Å². The maximum absolute atomic E-state index is 13.1. The van der Waals surface area contributed by atoms with Crippen LogP contribution < -0.4 is 16.0 Å². The topological polar surface area (TPSA) is 125 Å². The number of nitrogens with zero attached hydrogens (tertiary/aromatic N) is 4. The maximum Gasteiger partial charge on any atom is 0.234 e. The molecule has 2 aromatic heterocycles. The lowest BCUT2D eigenvalue weighted by atomic mass is 9.78. The second kappa shape index (κ2) is 10.0. The molecule has 1 unspecified atom stereocenters. The summed E-state index contributed by atoms with van der Waals surface area (Å²) in [7, 11) is 0. The van der Waals surface area contributed by atoms with Crippen LogP contribution in [0.4, 0.5) is 10.8 Å². The zero-order valence-electron chi connectivity index (χ0n) is 18.4. The van der Waals surface area contributed by atoms with Crippen LogP contribution in [0.15, 0.2) is 74.8 Å². The van der Waals surface area contributed by atoms with Crippen LogP contribution >= 0.6 is 34.4 Å². The van der Waals surface area contributed by atoms with Crippen molar-refractivity contribution in [2.24, 2.45) is 5.73 Å². The molecule has 2 aliphatic rings. The van der Waals surface area contributed by atoms with Gasteiger partial charge >= 0.3 is 0 Å². The highest BCUT2D eigenvalue weighted by molar-refractivity contribution is 8.01. The minimum Gasteiger partial charge on any atom is -0.384 e. The van der Waals surface area contributed by atoms with E-state index in [0.717, 1.165) is 16.3 Å². The first-order valence-corrected chi connectivity index (χ1v) is 13.6. The molecule has 1 aliphatic heterocycles. The molecule has 5 rings (SSSR count). The smallest absolute Gasteiger partial charge is 0.234 e. The van der Waals surface area contributed by atoms with Gasteiger partial charge in [0.1, 0.15) is 5.82 Å². The molecule has 3 heterocycles. The van der Waals surface area contributed by atoms with Crippen LogP contribution in [-0.2, 0) is 9.59 Å². The number of ketones is 1. The van der Waals surface area contributed by atoms with Crippen molar-refractivity contribution in [2.75, 3.05) is 16.0 Å². The van der Waals surface area contributed by atoms with Crippen LogP contribution in [0.3, 0.4) is 0 Å². The number of allylic oxidation sites excluding steroid dienone is 3. The summed E-state index contributed by atoms with van der Waals surface area (Å²) >= 11 is 4.06. The Hall–Kier alpha value is -3.46. The van der Waals surface area contributed by atoms with Crippen LogP contribution in [0.2, 0.25) is 0 Å². The summed E-state index contributed by atoms with van der Waals surface area (Å²) in [5.74, 6) is -0.128. The molecule has 176 valence electrons. The maximum atomic E-state index is 13.1. The number of aromatic nitrogens is 2. The summed E-state index contributed by atoms with van der Waals surface area (Å²) in [4.78, 5) is 28.0. The van der Waals surface area contributed by atoms with E-state index in [0.29, 0.717) is 39.9 Å². The van der Waals surface area contributed by atoms with E-state index < -0.39 is 5.92 Å². The Balaban J connectivity index is 1.41. The molecule has 1 amide bonds. The number of Topliss-reactive ketones (excluding diaryl/α,β-unsaturated/α-hetero) is 1. The summed E-state index contributed by atoms with van der Waals surface area (Å²) < 4.78 is 0.596. The van der Waals surface area contributed by atoms with E-state index in [2.05, 4.69) is 21.6 Å². The largest absolute Gasteiger partial charge is 0.384 e. The molecule has 35 heavy (non-hydrogen) atoms. The number of amides is 1. The Kier molecular flexibility index (Phi) is 6.68. The predicted octanol–water partition coefficient (Wildman–Crippen LogP) is 4.64. The number of rotatable bonds is 6. The third-order valence-corrected chi connectivity index (χ3v) is 8.69. The average Bonchev–Trinajstić information content (AvgIpc) is 3.55. The van der Waals surface area contributed by atoms with Gasteiger partial charge in [-0.2, -0.15) is 5.26 Å². The molecular formula is C24H20N6O2S3. The molecule has 0 radical (unpaired) electrons. The summed E-state index contributed by atoms with van der Waals surface area (Å²) in [6.45, 7) is 0. The molecule has 0 spiro atoms. The average molecular weight is 521 g/mol. The molecule has 0 fully saturated rings. The number of carbonyl (C=O) groups excluding carboxylic acids is 2. The van der Waals surface area contributed by atoms with Crippen LogP contribution in [0.1, 0.15) is 30.1 Å². The molecule has 3 aromatic rings. The molecule has 1 aliphatic carbocycles. The third-order valence-electron chi connectivity index (χ3n) is 5.71. The Morgan fingerprint density at radius 3 is 2.80 bits per heavy atom. The van der Waals surface area contributed by atoms with Crippen molar-refractivity contribution in [3.8, 4) is 6.07 Å². The zero-order chi connectivity index (χ0) is 24.4. The van der Waals surface area contributed by atoms with Crippen LogP contribution in [0, 0.1) is 11.3 Å². The van der Waals surface area contributed by atoms with E-state index in [1.165, 1.54) is 34.4 Å². The monoisotopic (exact) mass is 520 g/mol. The van der Waals surface area contributed by atoms with Crippen LogP contribution in [0.25, 0.3) is 0 Å². The Bertz CT molecular complexity index is 1370. The molecule has 0 saturated carbocycles. The third kappa shape index (κ3) is 4.60. The van der Waals surface area contributed by atoms with E-state index >= 15 is 0 Å². The fraction of sp³-hybridized carbons (Fsp3) is 0.208. The normalized spacial score (nSPS) is 17.9. The SMILES string of the molecule is N#CC1=C(N)N(c2nnc(SCC(=O)Nc3ccccc3)s2)C2=C(C(=O)CCC2)C1c1cccs1. The summed E-state index contributed by atoms with van der Waals surface area (Å²) in [6.07, 6.45) is 1.81. The van der Waals surface area contributed by atoms with Gasteiger partial charge in [0, 0.05) is 28.3 Å². The minimum absolute atomic E-state index is 0.0339. The van der Waals surface area contributed by atoms with Crippen molar-refractivity contribution in [1.82, 2.24) is 10.2 Å². The number of carbonyl (C=O) groups is 2. The predicted molar refractivity (Wildman–Crippen MR) is 138 cm³/mol. The first kappa shape index (κ1) is 23.3. The van der Waals surface area contributed by atoms with Gasteiger partial charge in [0.25, 0.3) is 0 Å².